The average Bonchev–Trinajstić information content (AvgIpc) is 2.48. The molecule has 1 aliphatic rings. The van der Waals surface area contributed by atoms with Gasteiger partial charge in [0.05, 0.1) is 11.3 Å². The molecule has 21 heavy (non-hydrogen) atoms. The Labute approximate surface area is 126 Å². The first-order valence-corrected chi connectivity index (χ1v) is 7.43. The number of carbonyl (C=O) groups excluding carboxylic acids is 2. The fourth-order valence-electron chi connectivity index (χ4n) is 2.59. The standard InChI is InChI=1S/C17H24N2O2/c1-11(2)10-19-13-9-7-6-8-12(13)15(20)18-14(16(19)21)17(3,4)5/h6-9,11,14H,10H2,1-5H3,(H,18,20). The molecule has 1 aliphatic heterocycles. The van der Waals surface area contributed by atoms with Gasteiger partial charge in [-0.25, -0.2) is 0 Å². The highest BCUT2D eigenvalue weighted by atomic mass is 16.2. The maximum absolute atomic E-state index is 12.9. The van der Waals surface area contributed by atoms with Crippen LogP contribution in [0.1, 0.15) is 45.0 Å². The predicted molar refractivity (Wildman–Crippen MR) is 84.3 cm³/mol. The lowest BCUT2D eigenvalue weighted by Gasteiger charge is -2.33. The van der Waals surface area contributed by atoms with Gasteiger partial charge in [-0.3, -0.25) is 9.59 Å². The first-order chi connectivity index (χ1) is 9.71. The first-order valence-electron chi connectivity index (χ1n) is 7.43. The molecule has 0 spiro atoms. The number of para-hydroxylation sites is 1. The van der Waals surface area contributed by atoms with E-state index in [0.717, 1.165) is 0 Å². The van der Waals surface area contributed by atoms with Crippen molar-refractivity contribution in [2.24, 2.45) is 11.3 Å². The number of fused-ring (bicyclic) bond motifs is 1. The van der Waals surface area contributed by atoms with Crippen LogP contribution in [0.5, 0.6) is 0 Å². The molecule has 1 unspecified atom stereocenters. The Morgan fingerprint density at radius 2 is 1.81 bits per heavy atom. The number of hydrogen-bond donors (Lipinski definition) is 1. The van der Waals surface area contributed by atoms with Gasteiger partial charge in [0, 0.05) is 6.54 Å². The number of hydrogen-bond acceptors (Lipinski definition) is 2. The van der Waals surface area contributed by atoms with Gasteiger partial charge in [0.25, 0.3) is 5.91 Å². The molecule has 1 aromatic carbocycles. The molecule has 1 N–H and O–H groups in total. The molecule has 1 atom stereocenters. The lowest BCUT2D eigenvalue weighted by Crippen LogP contribution is -2.53. The summed E-state index contributed by atoms with van der Waals surface area (Å²) in [6.07, 6.45) is 0. The van der Waals surface area contributed by atoms with E-state index in [-0.39, 0.29) is 17.2 Å². The van der Waals surface area contributed by atoms with Crippen LogP contribution in [0.3, 0.4) is 0 Å². The molecular weight excluding hydrogens is 264 g/mol. The molecule has 0 aromatic heterocycles. The summed E-state index contributed by atoms with van der Waals surface area (Å²) in [5, 5.41) is 2.90. The van der Waals surface area contributed by atoms with Gasteiger partial charge in [-0.15, -0.1) is 0 Å². The molecule has 114 valence electrons. The van der Waals surface area contributed by atoms with Crippen molar-refractivity contribution in [1.29, 1.82) is 0 Å². The van der Waals surface area contributed by atoms with Crippen molar-refractivity contribution < 1.29 is 9.59 Å². The molecule has 0 radical (unpaired) electrons. The highest BCUT2D eigenvalue weighted by Crippen LogP contribution is 2.30. The topological polar surface area (TPSA) is 49.4 Å². The van der Waals surface area contributed by atoms with Gasteiger partial charge in [-0.05, 0) is 23.5 Å². The van der Waals surface area contributed by atoms with Crippen LogP contribution in [0.4, 0.5) is 5.69 Å². The minimum absolute atomic E-state index is 0.0329. The van der Waals surface area contributed by atoms with Crippen LogP contribution >= 0.6 is 0 Å². The second-order valence-electron chi connectivity index (χ2n) is 7.13. The van der Waals surface area contributed by atoms with E-state index in [2.05, 4.69) is 19.2 Å². The third-order valence-corrected chi connectivity index (χ3v) is 3.64. The zero-order chi connectivity index (χ0) is 15.8. The van der Waals surface area contributed by atoms with E-state index in [1.807, 2.05) is 39.0 Å². The van der Waals surface area contributed by atoms with Gasteiger partial charge in [-0.1, -0.05) is 46.8 Å². The maximum Gasteiger partial charge on any atom is 0.254 e. The van der Waals surface area contributed by atoms with Gasteiger partial charge in [0.2, 0.25) is 5.91 Å². The summed E-state index contributed by atoms with van der Waals surface area (Å²) in [5.41, 5.74) is 0.947. The smallest absolute Gasteiger partial charge is 0.254 e. The molecule has 0 saturated carbocycles. The molecule has 1 heterocycles. The number of nitrogens with zero attached hydrogens (tertiary/aromatic N) is 1. The van der Waals surface area contributed by atoms with E-state index in [4.69, 9.17) is 0 Å². The van der Waals surface area contributed by atoms with Crippen LogP contribution in [0.2, 0.25) is 0 Å². The molecule has 2 rings (SSSR count). The third-order valence-electron chi connectivity index (χ3n) is 3.64. The van der Waals surface area contributed by atoms with E-state index in [9.17, 15) is 9.59 Å². The zero-order valence-corrected chi connectivity index (χ0v) is 13.4. The summed E-state index contributed by atoms with van der Waals surface area (Å²) in [7, 11) is 0. The van der Waals surface area contributed by atoms with Gasteiger partial charge >= 0.3 is 0 Å². The highest BCUT2D eigenvalue weighted by molar-refractivity contribution is 6.11. The van der Waals surface area contributed by atoms with Crippen molar-refractivity contribution >= 4 is 17.5 Å². The van der Waals surface area contributed by atoms with E-state index in [0.29, 0.717) is 23.7 Å². The van der Waals surface area contributed by atoms with Crippen molar-refractivity contribution in [1.82, 2.24) is 5.32 Å². The number of benzene rings is 1. The van der Waals surface area contributed by atoms with Crippen molar-refractivity contribution in [3.63, 3.8) is 0 Å². The lowest BCUT2D eigenvalue weighted by atomic mass is 9.85. The van der Waals surface area contributed by atoms with Crippen LogP contribution in [0, 0.1) is 11.3 Å². The largest absolute Gasteiger partial charge is 0.340 e. The Kier molecular flexibility index (Phi) is 4.08. The summed E-state index contributed by atoms with van der Waals surface area (Å²) >= 11 is 0. The van der Waals surface area contributed by atoms with Crippen LogP contribution in [0.25, 0.3) is 0 Å². The third kappa shape index (κ3) is 3.09. The van der Waals surface area contributed by atoms with E-state index in [1.165, 1.54) is 0 Å². The zero-order valence-electron chi connectivity index (χ0n) is 13.4. The number of amides is 2. The molecule has 0 fully saturated rings. The number of rotatable bonds is 2. The minimum atomic E-state index is -0.517. The van der Waals surface area contributed by atoms with E-state index >= 15 is 0 Å². The second kappa shape index (κ2) is 5.51. The first kappa shape index (κ1) is 15.5. The van der Waals surface area contributed by atoms with E-state index < -0.39 is 6.04 Å². The quantitative estimate of drug-likeness (QED) is 0.909. The minimum Gasteiger partial charge on any atom is -0.340 e. The average molecular weight is 288 g/mol. The summed E-state index contributed by atoms with van der Waals surface area (Å²) in [4.78, 5) is 27.2. The monoisotopic (exact) mass is 288 g/mol. The molecule has 4 heteroatoms. The fourth-order valence-corrected chi connectivity index (χ4v) is 2.59. The van der Waals surface area contributed by atoms with Crippen LogP contribution < -0.4 is 10.2 Å². The SMILES string of the molecule is CC(C)CN1C(=O)C(C(C)(C)C)NC(=O)c2ccccc21. The van der Waals surface area contributed by atoms with Crippen molar-refractivity contribution in [3.05, 3.63) is 29.8 Å². The molecule has 2 amide bonds. The molecule has 4 nitrogen and oxygen atoms in total. The summed E-state index contributed by atoms with van der Waals surface area (Å²) < 4.78 is 0. The second-order valence-corrected chi connectivity index (χ2v) is 7.13. The Morgan fingerprint density at radius 3 is 2.38 bits per heavy atom. The van der Waals surface area contributed by atoms with Crippen LogP contribution in [-0.4, -0.2) is 24.4 Å². The Balaban J connectivity index is 2.54. The number of anilines is 1. The van der Waals surface area contributed by atoms with Crippen molar-refractivity contribution in [2.75, 3.05) is 11.4 Å². The van der Waals surface area contributed by atoms with Crippen LogP contribution in [0.15, 0.2) is 24.3 Å². The summed E-state index contributed by atoms with van der Waals surface area (Å²) in [5.74, 6) is 0.121. The van der Waals surface area contributed by atoms with Gasteiger partial charge in [-0.2, -0.15) is 0 Å². The van der Waals surface area contributed by atoms with Crippen LogP contribution in [-0.2, 0) is 4.79 Å². The summed E-state index contributed by atoms with van der Waals surface area (Å²) in [6.45, 7) is 10.7. The maximum atomic E-state index is 12.9. The highest BCUT2D eigenvalue weighted by Gasteiger charge is 2.40. The normalized spacial score (nSPS) is 19.3. The van der Waals surface area contributed by atoms with Crippen molar-refractivity contribution in [2.45, 2.75) is 40.7 Å². The molecular formula is C17H24N2O2. The van der Waals surface area contributed by atoms with Gasteiger partial charge in [0.1, 0.15) is 6.04 Å². The Hall–Kier alpha value is -1.84. The van der Waals surface area contributed by atoms with Gasteiger partial charge < -0.3 is 10.2 Å². The summed E-state index contributed by atoms with van der Waals surface area (Å²) in [6, 6.07) is 6.80. The predicted octanol–water partition coefficient (Wildman–Crippen LogP) is 2.83. The fraction of sp³-hybridized carbons (Fsp3) is 0.529. The van der Waals surface area contributed by atoms with Gasteiger partial charge in [0.15, 0.2) is 0 Å². The molecule has 0 saturated heterocycles. The Morgan fingerprint density at radius 1 is 1.19 bits per heavy atom. The van der Waals surface area contributed by atoms with Crippen molar-refractivity contribution in [3.8, 4) is 0 Å². The van der Waals surface area contributed by atoms with E-state index in [1.54, 1.807) is 11.0 Å². The number of carbonyl (C=O) groups is 2. The number of nitrogens with one attached hydrogen (secondary N) is 1. The molecule has 0 bridgehead atoms. The molecule has 0 aliphatic carbocycles. The Bertz CT molecular complexity index is 558. The molecule has 1 aromatic rings. The lowest BCUT2D eigenvalue weighted by molar-refractivity contribution is -0.122.